The van der Waals surface area contributed by atoms with Crippen molar-refractivity contribution in [3.05, 3.63) is 75.8 Å². The maximum atomic E-state index is 13.8. The smallest absolute Gasteiger partial charge is 0.319 e. The average Bonchev–Trinajstić information content (AvgIpc) is 3.04. The lowest BCUT2D eigenvalue weighted by Gasteiger charge is -2.13. The molecule has 0 aliphatic rings. The molecule has 1 amide bonds. The predicted molar refractivity (Wildman–Crippen MR) is 92.9 cm³/mol. The highest BCUT2D eigenvalue weighted by Gasteiger charge is 2.40. The number of benzene rings is 2. The Labute approximate surface area is 160 Å². The number of aromatic nitrogens is 2. The van der Waals surface area contributed by atoms with Crippen molar-refractivity contribution in [3.63, 3.8) is 0 Å². The molecule has 0 radical (unpaired) electrons. The maximum Gasteiger partial charge on any atom is 0.434 e. The first-order valence-electron chi connectivity index (χ1n) is 7.34. The van der Waals surface area contributed by atoms with Gasteiger partial charge in [-0.2, -0.15) is 18.3 Å². The minimum Gasteiger partial charge on any atom is -0.319 e. The van der Waals surface area contributed by atoms with Crippen molar-refractivity contribution in [1.29, 1.82) is 0 Å². The Morgan fingerprint density at radius 2 is 1.67 bits per heavy atom. The fourth-order valence-corrected chi connectivity index (χ4v) is 2.65. The number of anilines is 1. The van der Waals surface area contributed by atoms with Gasteiger partial charge < -0.3 is 5.32 Å². The third-order valence-electron chi connectivity index (χ3n) is 3.53. The molecule has 0 atom stereocenters. The topological polar surface area (TPSA) is 46.9 Å². The Morgan fingerprint density at radius 3 is 2.30 bits per heavy atom. The fourth-order valence-electron chi connectivity index (χ4n) is 2.35. The zero-order valence-electron chi connectivity index (χ0n) is 13.2. The molecule has 27 heavy (non-hydrogen) atoms. The molecule has 1 heterocycles. The summed E-state index contributed by atoms with van der Waals surface area (Å²) >= 11 is 11.5. The highest BCUT2D eigenvalue weighted by atomic mass is 35.5. The van der Waals surface area contributed by atoms with Crippen LogP contribution in [0, 0.1) is 5.82 Å². The number of carbonyl (C=O) groups is 1. The predicted octanol–water partition coefficient (Wildman–Crippen LogP) is 5.59. The van der Waals surface area contributed by atoms with Crippen molar-refractivity contribution >= 4 is 34.8 Å². The zero-order chi connectivity index (χ0) is 19.8. The molecular formula is C17H9Cl2F4N3O. The molecule has 3 rings (SSSR count). The van der Waals surface area contributed by atoms with E-state index in [2.05, 4.69) is 10.4 Å². The van der Waals surface area contributed by atoms with Gasteiger partial charge in [-0.15, -0.1) is 0 Å². The highest BCUT2D eigenvalue weighted by Crippen LogP contribution is 2.34. The lowest BCUT2D eigenvalue weighted by Crippen LogP contribution is -2.21. The highest BCUT2D eigenvalue weighted by molar-refractivity contribution is 6.31. The van der Waals surface area contributed by atoms with E-state index in [9.17, 15) is 22.4 Å². The number of nitrogens with zero attached hydrogens (tertiary/aromatic N) is 2. The zero-order valence-corrected chi connectivity index (χ0v) is 14.7. The summed E-state index contributed by atoms with van der Waals surface area (Å²) in [5.41, 5.74) is -2.36. The first-order chi connectivity index (χ1) is 12.7. The third-order valence-corrected chi connectivity index (χ3v) is 4.02. The van der Waals surface area contributed by atoms with E-state index >= 15 is 0 Å². The maximum absolute atomic E-state index is 13.8. The molecule has 0 saturated heterocycles. The molecule has 0 fully saturated rings. The normalized spacial score (nSPS) is 11.5. The molecule has 0 spiro atoms. The van der Waals surface area contributed by atoms with Crippen LogP contribution in [0.4, 0.5) is 23.2 Å². The van der Waals surface area contributed by atoms with Gasteiger partial charge in [0, 0.05) is 10.0 Å². The minimum absolute atomic E-state index is 0.0553. The summed E-state index contributed by atoms with van der Waals surface area (Å²) in [4.78, 5) is 12.3. The molecule has 1 N–H and O–H groups in total. The standard InChI is InChI=1S/C17H9Cl2F4N3O/c18-9-1-4-11(5-2-9)26-15(17(21,22)23)12(8-24-26)16(27)25-14-7-10(19)3-6-13(14)20/h1-8H,(H,25,27). The van der Waals surface area contributed by atoms with Crippen molar-refractivity contribution in [1.82, 2.24) is 9.78 Å². The van der Waals surface area contributed by atoms with Gasteiger partial charge in [0.25, 0.3) is 5.91 Å². The van der Waals surface area contributed by atoms with E-state index in [1.165, 1.54) is 30.3 Å². The first kappa shape index (κ1) is 19.2. The number of rotatable bonds is 3. The number of hydrogen-bond acceptors (Lipinski definition) is 2. The molecular weight excluding hydrogens is 409 g/mol. The lowest BCUT2D eigenvalue weighted by molar-refractivity contribution is -0.143. The monoisotopic (exact) mass is 417 g/mol. The number of nitrogens with one attached hydrogen (secondary N) is 1. The molecule has 0 aliphatic carbocycles. The first-order valence-corrected chi connectivity index (χ1v) is 8.10. The number of hydrogen-bond donors (Lipinski definition) is 1. The molecule has 3 aromatic rings. The summed E-state index contributed by atoms with van der Waals surface area (Å²) in [5.74, 6) is -2.02. The molecule has 0 bridgehead atoms. The van der Waals surface area contributed by atoms with Crippen LogP contribution in [0.2, 0.25) is 10.0 Å². The van der Waals surface area contributed by atoms with Crippen LogP contribution in [0.5, 0.6) is 0 Å². The van der Waals surface area contributed by atoms with Gasteiger partial charge in [-0.05, 0) is 42.5 Å². The van der Waals surface area contributed by atoms with E-state index in [0.717, 1.165) is 18.3 Å². The van der Waals surface area contributed by atoms with Crippen LogP contribution in [-0.2, 0) is 6.18 Å². The third kappa shape index (κ3) is 4.06. The van der Waals surface area contributed by atoms with Gasteiger partial charge in [0.15, 0.2) is 5.69 Å². The molecule has 2 aromatic carbocycles. The van der Waals surface area contributed by atoms with E-state index in [1.54, 1.807) is 0 Å². The summed E-state index contributed by atoms with van der Waals surface area (Å²) in [7, 11) is 0. The van der Waals surface area contributed by atoms with E-state index in [1.807, 2.05) is 0 Å². The number of halogens is 6. The number of amides is 1. The Kier molecular flexibility index (Phi) is 5.12. The molecule has 0 unspecified atom stereocenters. The van der Waals surface area contributed by atoms with Crippen molar-refractivity contribution < 1.29 is 22.4 Å². The Hall–Kier alpha value is -2.58. The molecule has 10 heteroatoms. The van der Waals surface area contributed by atoms with Gasteiger partial charge in [0.1, 0.15) is 5.82 Å². The summed E-state index contributed by atoms with van der Waals surface area (Å²) in [6.45, 7) is 0. The quantitative estimate of drug-likeness (QED) is 0.564. The van der Waals surface area contributed by atoms with E-state index in [4.69, 9.17) is 23.2 Å². The largest absolute Gasteiger partial charge is 0.434 e. The van der Waals surface area contributed by atoms with Gasteiger partial charge in [0.05, 0.1) is 23.1 Å². The van der Waals surface area contributed by atoms with Crippen LogP contribution in [0.1, 0.15) is 16.1 Å². The second-order valence-electron chi connectivity index (χ2n) is 5.37. The second kappa shape index (κ2) is 7.21. The van der Waals surface area contributed by atoms with Crippen molar-refractivity contribution in [2.24, 2.45) is 0 Å². The van der Waals surface area contributed by atoms with Gasteiger partial charge in [-0.1, -0.05) is 23.2 Å². The van der Waals surface area contributed by atoms with Crippen molar-refractivity contribution in [2.45, 2.75) is 6.18 Å². The minimum atomic E-state index is -4.89. The van der Waals surface area contributed by atoms with E-state index < -0.39 is 29.2 Å². The van der Waals surface area contributed by atoms with Crippen LogP contribution in [0.25, 0.3) is 5.69 Å². The van der Waals surface area contributed by atoms with Gasteiger partial charge in [-0.3, -0.25) is 4.79 Å². The molecule has 140 valence electrons. The summed E-state index contributed by atoms with van der Waals surface area (Å²) in [5, 5.41) is 6.18. The van der Waals surface area contributed by atoms with Gasteiger partial charge >= 0.3 is 6.18 Å². The van der Waals surface area contributed by atoms with Crippen molar-refractivity contribution in [3.8, 4) is 5.69 Å². The van der Waals surface area contributed by atoms with Gasteiger partial charge in [-0.25, -0.2) is 9.07 Å². The molecule has 1 aromatic heterocycles. The van der Waals surface area contributed by atoms with Crippen LogP contribution in [0.15, 0.2) is 48.7 Å². The Bertz CT molecular complexity index is 1000. The van der Waals surface area contributed by atoms with Crippen molar-refractivity contribution in [2.75, 3.05) is 5.32 Å². The number of carbonyl (C=O) groups excluding carboxylic acids is 1. The molecule has 4 nitrogen and oxygen atoms in total. The SMILES string of the molecule is O=C(Nc1cc(Cl)ccc1F)c1cnn(-c2ccc(Cl)cc2)c1C(F)(F)F. The average molecular weight is 418 g/mol. The Morgan fingerprint density at radius 1 is 1.04 bits per heavy atom. The summed E-state index contributed by atoms with van der Waals surface area (Å²) < 4.78 is 55.1. The van der Waals surface area contributed by atoms with E-state index in [0.29, 0.717) is 9.70 Å². The van der Waals surface area contributed by atoms with Crippen LogP contribution < -0.4 is 5.32 Å². The second-order valence-corrected chi connectivity index (χ2v) is 6.24. The van der Waals surface area contributed by atoms with Crippen LogP contribution in [0.3, 0.4) is 0 Å². The lowest BCUT2D eigenvalue weighted by atomic mass is 10.2. The van der Waals surface area contributed by atoms with Crippen LogP contribution >= 0.6 is 23.2 Å². The fraction of sp³-hybridized carbons (Fsp3) is 0.0588. The molecule has 0 aliphatic heterocycles. The summed E-state index contributed by atoms with van der Waals surface area (Å²) in [6, 6.07) is 8.74. The van der Waals surface area contributed by atoms with E-state index in [-0.39, 0.29) is 16.4 Å². The molecule has 0 saturated carbocycles. The number of alkyl halides is 3. The Balaban J connectivity index is 2.04. The summed E-state index contributed by atoms with van der Waals surface area (Å²) in [6.07, 6.45) is -4.13. The van der Waals surface area contributed by atoms with Gasteiger partial charge in [0.2, 0.25) is 0 Å². The van der Waals surface area contributed by atoms with Crippen LogP contribution in [-0.4, -0.2) is 15.7 Å².